The molecule has 0 radical (unpaired) electrons. The topological polar surface area (TPSA) is 103 Å². The molecule has 1 aliphatic heterocycles. The van der Waals surface area contributed by atoms with E-state index in [1.165, 1.54) is 12.8 Å². The van der Waals surface area contributed by atoms with E-state index in [4.69, 9.17) is 9.90 Å². The van der Waals surface area contributed by atoms with Crippen LogP contribution in [0.2, 0.25) is 0 Å². The van der Waals surface area contributed by atoms with Crippen LogP contribution in [0.1, 0.15) is 42.6 Å². The zero-order valence-corrected chi connectivity index (χ0v) is 17.0. The third kappa shape index (κ3) is 6.96. The highest BCUT2D eigenvalue weighted by Crippen LogP contribution is 2.25. The van der Waals surface area contributed by atoms with Crippen molar-refractivity contribution in [3.63, 3.8) is 0 Å². The van der Waals surface area contributed by atoms with Crippen molar-refractivity contribution < 1.29 is 19.8 Å². The normalized spacial score (nSPS) is 14.0. The van der Waals surface area contributed by atoms with E-state index in [1.54, 1.807) is 26.2 Å². The molecule has 1 amide bonds. The lowest BCUT2D eigenvalue weighted by Gasteiger charge is -2.18. The molecular weight excluding hydrogens is 370 g/mol. The molecule has 0 atom stereocenters. The summed E-state index contributed by atoms with van der Waals surface area (Å²) in [6.45, 7) is 7.11. The van der Waals surface area contributed by atoms with Crippen LogP contribution in [0.15, 0.2) is 42.7 Å². The van der Waals surface area contributed by atoms with E-state index in [0.717, 1.165) is 36.3 Å². The third-order valence-electron chi connectivity index (χ3n) is 4.84. The van der Waals surface area contributed by atoms with E-state index in [0.29, 0.717) is 12.1 Å². The van der Waals surface area contributed by atoms with Gasteiger partial charge in [-0.05, 0) is 63.5 Å². The first kappa shape index (κ1) is 22.5. The molecule has 3 N–H and O–H groups in total. The predicted molar refractivity (Wildman–Crippen MR) is 112 cm³/mol. The summed E-state index contributed by atoms with van der Waals surface area (Å²) in [7, 11) is 0. The zero-order valence-electron chi connectivity index (χ0n) is 17.0. The van der Waals surface area contributed by atoms with Gasteiger partial charge in [-0.3, -0.25) is 14.6 Å². The smallest absolute Gasteiger partial charge is 0.290 e. The van der Waals surface area contributed by atoms with Crippen molar-refractivity contribution >= 4 is 12.4 Å². The van der Waals surface area contributed by atoms with E-state index in [1.807, 2.05) is 30.3 Å². The average Bonchev–Trinajstić information content (AvgIpc) is 3.22. The molecule has 7 heteroatoms. The lowest BCUT2D eigenvalue weighted by atomic mass is 9.96. The summed E-state index contributed by atoms with van der Waals surface area (Å²) >= 11 is 0. The second-order valence-electron chi connectivity index (χ2n) is 7.51. The van der Waals surface area contributed by atoms with Crippen molar-refractivity contribution in [2.24, 2.45) is 0 Å². The molecule has 0 spiro atoms. The quantitative estimate of drug-likeness (QED) is 0.645. The van der Waals surface area contributed by atoms with E-state index >= 15 is 0 Å². The molecule has 156 valence electrons. The number of aliphatic hydroxyl groups is 1. The number of carbonyl (C=O) groups excluding carboxylic acids is 1. The summed E-state index contributed by atoms with van der Waals surface area (Å²) in [5, 5.41) is 20.0. The van der Waals surface area contributed by atoms with Crippen LogP contribution in [0.5, 0.6) is 0 Å². The van der Waals surface area contributed by atoms with Gasteiger partial charge < -0.3 is 20.4 Å². The second-order valence-corrected chi connectivity index (χ2v) is 7.51. The minimum Gasteiger partial charge on any atom is -0.483 e. The van der Waals surface area contributed by atoms with Gasteiger partial charge in [-0.2, -0.15) is 0 Å². The first-order chi connectivity index (χ1) is 13.8. The predicted octanol–water partition coefficient (Wildman–Crippen LogP) is 2.50. The monoisotopic (exact) mass is 399 g/mol. The average molecular weight is 399 g/mol. The molecule has 1 aromatic heterocycles. The molecule has 0 bridgehead atoms. The fraction of sp³-hybridized carbons (Fsp3) is 0.409. The number of carbonyl (C=O) groups is 2. The Morgan fingerprint density at radius 3 is 2.38 bits per heavy atom. The molecule has 0 aliphatic carbocycles. The number of amides is 1. The van der Waals surface area contributed by atoms with Crippen LogP contribution in [0.25, 0.3) is 11.1 Å². The maximum atomic E-state index is 12.3. The third-order valence-corrected chi connectivity index (χ3v) is 4.84. The molecular formula is C22H29N3O4. The van der Waals surface area contributed by atoms with E-state index in [2.05, 4.69) is 15.2 Å². The van der Waals surface area contributed by atoms with Crippen LogP contribution >= 0.6 is 0 Å². The van der Waals surface area contributed by atoms with Gasteiger partial charge in [0, 0.05) is 42.2 Å². The van der Waals surface area contributed by atoms with Gasteiger partial charge in [0.1, 0.15) is 0 Å². The van der Waals surface area contributed by atoms with Gasteiger partial charge in [-0.25, -0.2) is 0 Å². The Bertz CT molecular complexity index is 794. The van der Waals surface area contributed by atoms with E-state index in [-0.39, 0.29) is 12.4 Å². The highest BCUT2D eigenvalue weighted by molar-refractivity contribution is 5.94. The summed E-state index contributed by atoms with van der Waals surface area (Å²) in [4.78, 5) is 27.2. The maximum absolute atomic E-state index is 12.3. The van der Waals surface area contributed by atoms with Crippen LogP contribution in [0.3, 0.4) is 0 Å². The fourth-order valence-corrected chi connectivity index (χ4v) is 3.18. The molecule has 0 saturated carbocycles. The summed E-state index contributed by atoms with van der Waals surface area (Å²) in [5.74, 6) is -0.0425. The summed E-state index contributed by atoms with van der Waals surface area (Å²) in [6.07, 6.45) is 5.96. The number of likely N-dealkylation sites (tertiary alicyclic amines) is 1. The SMILES string of the molecule is CC(C)(O)c1cncc(-c2ccc(C(=O)NCCN3CCCC3)cc2)c1.O=CO. The summed E-state index contributed by atoms with van der Waals surface area (Å²) < 4.78 is 0. The number of aromatic nitrogens is 1. The van der Waals surface area contributed by atoms with Crippen molar-refractivity contribution in [3.05, 3.63) is 53.9 Å². The largest absolute Gasteiger partial charge is 0.483 e. The number of hydrogen-bond acceptors (Lipinski definition) is 5. The summed E-state index contributed by atoms with van der Waals surface area (Å²) in [5.41, 5.74) is 2.38. The molecule has 1 fully saturated rings. The Morgan fingerprint density at radius 1 is 1.17 bits per heavy atom. The van der Waals surface area contributed by atoms with Crippen molar-refractivity contribution in [2.75, 3.05) is 26.2 Å². The molecule has 2 heterocycles. The number of hydrogen-bond donors (Lipinski definition) is 3. The molecule has 1 aliphatic rings. The lowest BCUT2D eigenvalue weighted by molar-refractivity contribution is -0.122. The van der Waals surface area contributed by atoms with Crippen molar-refractivity contribution in [2.45, 2.75) is 32.3 Å². The Balaban J connectivity index is 0.000000941. The number of carboxylic acid groups (broad SMARTS) is 1. The van der Waals surface area contributed by atoms with Crippen LogP contribution in [0.4, 0.5) is 0 Å². The van der Waals surface area contributed by atoms with Crippen LogP contribution < -0.4 is 5.32 Å². The molecule has 0 unspecified atom stereocenters. The van der Waals surface area contributed by atoms with Gasteiger partial charge in [-0.1, -0.05) is 12.1 Å². The minimum atomic E-state index is -0.932. The lowest BCUT2D eigenvalue weighted by Crippen LogP contribution is -2.33. The molecule has 1 saturated heterocycles. The van der Waals surface area contributed by atoms with Gasteiger partial charge in [0.2, 0.25) is 0 Å². The number of pyridine rings is 1. The van der Waals surface area contributed by atoms with Crippen LogP contribution in [0, 0.1) is 0 Å². The van der Waals surface area contributed by atoms with Crippen molar-refractivity contribution in [3.8, 4) is 11.1 Å². The minimum absolute atomic E-state index is 0.0425. The number of benzene rings is 1. The Kier molecular flexibility index (Phi) is 8.30. The highest BCUT2D eigenvalue weighted by atomic mass is 16.3. The second kappa shape index (κ2) is 10.7. The van der Waals surface area contributed by atoms with Crippen LogP contribution in [-0.2, 0) is 10.4 Å². The molecule has 29 heavy (non-hydrogen) atoms. The molecule has 2 aromatic rings. The van der Waals surface area contributed by atoms with Crippen LogP contribution in [-0.4, -0.2) is 58.7 Å². The number of rotatable bonds is 6. The molecule has 7 nitrogen and oxygen atoms in total. The van der Waals surface area contributed by atoms with E-state index < -0.39 is 5.60 Å². The zero-order chi connectivity index (χ0) is 21.3. The van der Waals surface area contributed by atoms with Gasteiger partial charge in [-0.15, -0.1) is 0 Å². The van der Waals surface area contributed by atoms with E-state index in [9.17, 15) is 9.90 Å². The Morgan fingerprint density at radius 2 is 1.79 bits per heavy atom. The summed E-state index contributed by atoms with van der Waals surface area (Å²) in [6, 6.07) is 9.42. The van der Waals surface area contributed by atoms with Crippen molar-refractivity contribution in [1.29, 1.82) is 0 Å². The number of nitrogens with one attached hydrogen (secondary N) is 1. The first-order valence-electron chi connectivity index (χ1n) is 9.72. The van der Waals surface area contributed by atoms with Gasteiger partial charge in [0.25, 0.3) is 12.4 Å². The van der Waals surface area contributed by atoms with Gasteiger partial charge in [0.15, 0.2) is 0 Å². The molecule has 1 aromatic carbocycles. The Labute approximate surface area is 171 Å². The first-order valence-corrected chi connectivity index (χ1v) is 9.72. The van der Waals surface area contributed by atoms with Crippen molar-refractivity contribution in [1.82, 2.24) is 15.2 Å². The van der Waals surface area contributed by atoms with Gasteiger partial charge >= 0.3 is 0 Å². The van der Waals surface area contributed by atoms with Gasteiger partial charge in [0.05, 0.1) is 5.60 Å². The maximum Gasteiger partial charge on any atom is 0.290 e. The standard InChI is InChI=1S/C21H27N3O2.CH2O2/c1-21(2,26)19-13-18(14-22-15-19)16-5-7-17(8-6-16)20(25)23-9-12-24-10-3-4-11-24;2-1-3/h5-8,13-15,26H,3-4,9-12H2,1-2H3,(H,23,25);1H,(H,2,3). The fourth-order valence-electron chi connectivity index (χ4n) is 3.18. The number of nitrogens with zero attached hydrogens (tertiary/aromatic N) is 2. The molecule has 3 rings (SSSR count). The highest BCUT2D eigenvalue weighted by Gasteiger charge is 2.17. The Hall–Kier alpha value is -2.77.